The fourth-order valence-electron chi connectivity index (χ4n) is 4.86. The zero-order valence-electron chi connectivity index (χ0n) is 26.1. The fraction of sp³-hybridized carbons (Fsp3) is 0.278. The van der Waals surface area contributed by atoms with Crippen LogP contribution in [0.3, 0.4) is 0 Å². The van der Waals surface area contributed by atoms with Crippen molar-refractivity contribution in [1.29, 1.82) is 0 Å². The van der Waals surface area contributed by atoms with Gasteiger partial charge in [0.25, 0.3) is 10.0 Å². The van der Waals surface area contributed by atoms with E-state index in [0.29, 0.717) is 17.7 Å². The third kappa shape index (κ3) is 8.79. The predicted molar refractivity (Wildman–Crippen MR) is 176 cm³/mol. The van der Waals surface area contributed by atoms with Crippen molar-refractivity contribution in [2.75, 3.05) is 10.8 Å². The molecule has 236 valence electrons. The van der Waals surface area contributed by atoms with Crippen molar-refractivity contribution >= 4 is 27.5 Å². The molecule has 0 heterocycles. The number of nitrogens with one attached hydrogen (secondary N) is 1. The van der Waals surface area contributed by atoms with Gasteiger partial charge in [0.1, 0.15) is 18.4 Å². The Morgan fingerprint density at radius 2 is 1.38 bits per heavy atom. The fourth-order valence-corrected chi connectivity index (χ4v) is 6.27. The van der Waals surface area contributed by atoms with Crippen molar-refractivity contribution in [1.82, 2.24) is 10.2 Å². The molecule has 4 aromatic carbocycles. The van der Waals surface area contributed by atoms with E-state index in [9.17, 15) is 22.4 Å². The summed E-state index contributed by atoms with van der Waals surface area (Å²) in [5.74, 6) is -1.36. The van der Waals surface area contributed by atoms with Crippen LogP contribution in [0.5, 0.6) is 0 Å². The molecule has 1 N–H and O–H groups in total. The molecule has 0 aliphatic heterocycles. The molecule has 2 amide bonds. The van der Waals surface area contributed by atoms with Crippen LogP contribution in [0.2, 0.25) is 0 Å². The Morgan fingerprint density at radius 3 is 1.96 bits per heavy atom. The lowest BCUT2D eigenvalue weighted by atomic mass is 10.0. The Hall–Kier alpha value is -4.50. The summed E-state index contributed by atoms with van der Waals surface area (Å²) in [6, 6.07) is 27.3. The van der Waals surface area contributed by atoms with Gasteiger partial charge in [-0.25, -0.2) is 12.8 Å². The van der Waals surface area contributed by atoms with E-state index in [1.807, 2.05) is 58.0 Å². The van der Waals surface area contributed by atoms with Gasteiger partial charge < -0.3 is 10.2 Å². The lowest BCUT2D eigenvalue weighted by molar-refractivity contribution is -0.140. The summed E-state index contributed by atoms with van der Waals surface area (Å²) in [5, 5.41) is 3.01. The number of amides is 2. The van der Waals surface area contributed by atoms with Crippen molar-refractivity contribution in [3.05, 3.63) is 131 Å². The summed E-state index contributed by atoms with van der Waals surface area (Å²) in [7, 11) is -4.18. The maximum Gasteiger partial charge on any atom is 0.264 e. The number of carbonyl (C=O) groups excluding carboxylic acids is 2. The molecular weight excluding hydrogens is 589 g/mol. The average molecular weight is 630 g/mol. The van der Waals surface area contributed by atoms with Crippen molar-refractivity contribution in [3.8, 4) is 0 Å². The zero-order chi connectivity index (χ0) is 32.6. The second-order valence-corrected chi connectivity index (χ2v) is 13.2. The molecule has 0 aromatic heterocycles. The molecule has 0 fully saturated rings. The Balaban J connectivity index is 1.80. The van der Waals surface area contributed by atoms with Crippen LogP contribution in [-0.4, -0.2) is 43.8 Å². The summed E-state index contributed by atoms with van der Waals surface area (Å²) in [6.07, 6.45) is 0.886. The molecule has 9 heteroatoms. The van der Waals surface area contributed by atoms with Gasteiger partial charge in [-0.15, -0.1) is 0 Å². The molecule has 45 heavy (non-hydrogen) atoms. The highest BCUT2D eigenvalue weighted by Gasteiger charge is 2.35. The molecule has 0 aliphatic rings. The summed E-state index contributed by atoms with van der Waals surface area (Å²) in [6.45, 7) is 7.01. The molecule has 0 saturated heterocycles. The molecule has 4 rings (SSSR count). The maximum atomic E-state index is 14.5. The van der Waals surface area contributed by atoms with Crippen molar-refractivity contribution in [3.63, 3.8) is 0 Å². The molecule has 0 aliphatic carbocycles. The van der Waals surface area contributed by atoms with Crippen LogP contribution in [0.25, 0.3) is 0 Å². The summed E-state index contributed by atoms with van der Waals surface area (Å²) >= 11 is 0. The van der Waals surface area contributed by atoms with Crippen LogP contribution >= 0.6 is 0 Å². The van der Waals surface area contributed by atoms with Crippen molar-refractivity contribution < 1.29 is 22.4 Å². The number of nitrogens with zero attached hydrogens (tertiary/aromatic N) is 2. The highest BCUT2D eigenvalue weighted by atomic mass is 32.2. The van der Waals surface area contributed by atoms with E-state index in [-0.39, 0.29) is 29.8 Å². The Bertz CT molecular complexity index is 1680. The average Bonchev–Trinajstić information content (AvgIpc) is 3.03. The number of anilines is 1. The number of hydrogen-bond donors (Lipinski definition) is 1. The Morgan fingerprint density at radius 1 is 0.800 bits per heavy atom. The van der Waals surface area contributed by atoms with Crippen LogP contribution in [0, 0.1) is 19.7 Å². The minimum absolute atomic E-state index is 0.0309. The summed E-state index contributed by atoms with van der Waals surface area (Å²) in [5.41, 5.74) is 3.58. The van der Waals surface area contributed by atoms with Gasteiger partial charge in [0.15, 0.2) is 0 Å². The van der Waals surface area contributed by atoms with E-state index in [2.05, 4.69) is 5.32 Å². The third-order valence-corrected chi connectivity index (χ3v) is 9.54. The number of halogens is 1. The van der Waals surface area contributed by atoms with E-state index in [0.717, 1.165) is 21.0 Å². The highest BCUT2D eigenvalue weighted by molar-refractivity contribution is 7.92. The number of hydrogen-bond acceptors (Lipinski definition) is 4. The zero-order valence-corrected chi connectivity index (χ0v) is 26.9. The van der Waals surface area contributed by atoms with Gasteiger partial charge in [-0.3, -0.25) is 13.9 Å². The second-order valence-electron chi connectivity index (χ2n) is 11.3. The number of rotatable bonds is 13. The minimum Gasteiger partial charge on any atom is -0.352 e. The molecule has 0 bridgehead atoms. The SMILES string of the molecule is CC[C@@H](C)NC(=O)[C@@H](Cc1ccccc1)N(Cc1ccc(F)cc1)C(=O)CN(c1ccc(C)cc1)S(=O)(=O)c1ccc(C)cc1. The molecule has 7 nitrogen and oxygen atoms in total. The lowest BCUT2D eigenvalue weighted by Crippen LogP contribution is -2.54. The molecular formula is C36H40FN3O4S. The quantitative estimate of drug-likeness (QED) is 0.191. The maximum absolute atomic E-state index is 14.5. The largest absolute Gasteiger partial charge is 0.352 e. The monoisotopic (exact) mass is 629 g/mol. The number of aryl methyl sites for hydroxylation is 2. The topological polar surface area (TPSA) is 86.8 Å². The van der Waals surface area contributed by atoms with Gasteiger partial charge in [0, 0.05) is 19.0 Å². The highest BCUT2D eigenvalue weighted by Crippen LogP contribution is 2.26. The molecule has 4 aromatic rings. The molecule has 0 unspecified atom stereocenters. The standard InChI is InChI=1S/C36H40FN3O4S/c1-5-28(4)38-36(42)34(23-29-9-7-6-8-10-29)39(24-30-15-17-31(37)18-16-30)35(41)25-40(32-19-11-26(2)12-20-32)45(43,44)33-21-13-27(3)14-22-33/h6-22,28,34H,5,23-25H2,1-4H3,(H,38,42)/t28-,34-/m1/s1. The predicted octanol–water partition coefficient (Wildman–Crippen LogP) is 6.19. The summed E-state index contributed by atoms with van der Waals surface area (Å²) < 4.78 is 43.1. The van der Waals surface area contributed by atoms with Crippen molar-refractivity contribution in [2.24, 2.45) is 0 Å². The van der Waals surface area contributed by atoms with Crippen LogP contribution < -0.4 is 9.62 Å². The van der Waals surface area contributed by atoms with Crippen LogP contribution in [0.4, 0.5) is 10.1 Å². The van der Waals surface area contributed by atoms with Crippen LogP contribution in [0.1, 0.15) is 42.5 Å². The van der Waals surface area contributed by atoms with Gasteiger partial charge >= 0.3 is 0 Å². The number of carbonyl (C=O) groups is 2. The smallest absolute Gasteiger partial charge is 0.264 e. The first-order valence-electron chi connectivity index (χ1n) is 15.0. The van der Waals surface area contributed by atoms with Crippen LogP contribution in [-0.2, 0) is 32.6 Å². The second kappa shape index (κ2) is 15.0. The van der Waals surface area contributed by atoms with Gasteiger partial charge in [-0.2, -0.15) is 0 Å². The van der Waals surface area contributed by atoms with Gasteiger partial charge in [0.2, 0.25) is 11.8 Å². The number of sulfonamides is 1. The normalized spacial score (nSPS) is 12.6. The van der Waals surface area contributed by atoms with E-state index in [1.165, 1.54) is 29.2 Å². The van der Waals surface area contributed by atoms with Crippen LogP contribution in [0.15, 0.2) is 108 Å². The van der Waals surface area contributed by atoms with E-state index in [4.69, 9.17) is 0 Å². The first-order valence-corrected chi connectivity index (χ1v) is 16.5. The number of benzene rings is 4. The summed E-state index contributed by atoms with van der Waals surface area (Å²) in [4.78, 5) is 29.8. The lowest BCUT2D eigenvalue weighted by Gasteiger charge is -2.34. The first kappa shape index (κ1) is 33.4. The van der Waals surface area contributed by atoms with Crippen molar-refractivity contribution in [2.45, 2.75) is 64.1 Å². The Labute approximate surface area is 265 Å². The van der Waals surface area contributed by atoms with E-state index in [1.54, 1.807) is 48.5 Å². The van der Waals surface area contributed by atoms with Gasteiger partial charge in [0.05, 0.1) is 10.6 Å². The van der Waals surface area contributed by atoms with E-state index >= 15 is 0 Å². The minimum atomic E-state index is -4.18. The molecule has 0 spiro atoms. The molecule has 0 radical (unpaired) electrons. The third-order valence-electron chi connectivity index (χ3n) is 7.75. The van der Waals surface area contributed by atoms with E-state index < -0.39 is 34.3 Å². The molecule has 2 atom stereocenters. The van der Waals surface area contributed by atoms with Gasteiger partial charge in [-0.1, -0.05) is 84.8 Å². The Kier molecular flexibility index (Phi) is 11.1. The first-order chi connectivity index (χ1) is 21.5. The molecule has 0 saturated carbocycles. The van der Waals surface area contributed by atoms with Gasteiger partial charge in [-0.05, 0) is 74.7 Å².